The Hall–Kier alpha value is -2.86. The number of nitro benzene ring substituents is 1. The molecule has 0 saturated heterocycles. The molecule has 0 saturated carbocycles. The number of hydrogen-bond acceptors (Lipinski definition) is 4. The highest BCUT2D eigenvalue weighted by molar-refractivity contribution is 6.30. The fourth-order valence-electron chi connectivity index (χ4n) is 2.80. The molecule has 0 atom stereocenters. The van der Waals surface area contributed by atoms with Gasteiger partial charge in [-0.05, 0) is 29.7 Å². The van der Waals surface area contributed by atoms with Gasteiger partial charge in [0, 0.05) is 24.2 Å². The van der Waals surface area contributed by atoms with Crippen molar-refractivity contribution in [1.29, 1.82) is 0 Å². The van der Waals surface area contributed by atoms with Gasteiger partial charge in [-0.15, -0.1) is 0 Å². The maximum atomic E-state index is 12.3. The van der Waals surface area contributed by atoms with Crippen LogP contribution in [0.25, 0.3) is 5.57 Å². The van der Waals surface area contributed by atoms with E-state index in [9.17, 15) is 14.9 Å². The molecular formula is C19H17ClN2O4. The van der Waals surface area contributed by atoms with E-state index in [0.29, 0.717) is 13.1 Å². The van der Waals surface area contributed by atoms with Crippen LogP contribution in [0.5, 0.6) is 5.75 Å². The minimum atomic E-state index is -0.582. The Balaban J connectivity index is 1.60. The van der Waals surface area contributed by atoms with Gasteiger partial charge in [0.25, 0.3) is 5.91 Å². The summed E-state index contributed by atoms with van der Waals surface area (Å²) in [5.41, 5.74) is 2.12. The highest BCUT2D eigenvalue weighted by atomic mass is 35.5. The maximum absolute atomic E-state index is 12.3. The Bertz CT molecular complexity index is 852. The lowest BCUT2D eigenvalue weighted by atomic mass is 10.00. The quantitative estimate of drug-likeness (QED) is 0.588. The van der Waals surface area contributed by atoms with Crippen LogP contribution in [0, 0.1) is 10.1 Å². The first kappa shape index (κ1) is 17.9. The Morgan fingerprint density at radius 3 is 2.65 bits per heavy atom. The average Bonchev–Trinajstić information content (AvgIpc) is 2.67. The molecule has 1 aliphatic heterocycles. The van der Waals surface area contributed by atoms with Gasteiger partial charge in [0.15, 0.2) is 12.4 Å². The van der Waals surface area contributed by atoms with Crippen molar-refractivity contribution in [2.45, 2.75) is 6.42 Å². The fraction of sp³-hybridized carbons (Fsp3) is 0.211. The van der Waals surface area contributed by atoms with Crippen molar-refractivity contribution >= 4 is 28.8 Å². The zero-order valence-electron chi connectivity index (χ0n) is 13.9. The van der Waals surface area contributed by atoms with E-state index < -0.39 is 4.92 Å². The summed E-state index contributed by atoms with van der Waals surface area (Å²) in [6.07, 6.45) is 2.79. The third-order valence-electron chi connectivity index (χ3n) is 4.18. The predicted molar refractivity (Wildman–Crippen MR) is 99.2 cm³/mol. The van der Waals surface area contributed by atoms with Crippen LogP contribution in [0.15, 0.2) is 54.6 Å². The smallest absolute Gasteiger partial charge is 0.312 e. The molecule has 26 heavy (non-hydrogen) atoms. The van der Waals surface area contributed by atoms with E-state index in [1.165, 1.54) is 23.8 Å². The molecule has 0 aliphatic carbocycles. The molecule has 2 aromatic carbocycles. The predicted octanol–water partition coefficient (Wildman–Crippen LogP) is 3.94. The van der Waals surface area contributed by atoms with Gasteiger partial charge < -0.3 is 9.64 Å². The van der Waals surface area contributed by atoms with Crippen molar-refractivity contribution < 1.29 is 14.5 Å². The van der Waals surface area contributed by atoms with Crippen molar-refractivity contribution in [3.05, 3.63) is 75.3 Å². The average molecular weight is 373 g/mol. The Morgan fingerprint density at radius 1 is 1.23 bits per heavy atom. The minimum Gasteiger partial charge on any atom is -0.477 e. The van der Waals surface area contributed by atoms with E-state index >= 15 is 0 Å². The Kier molecular flexibility index (Phi) is 5.53. The number of hydrogen-bond donors (Lipinski definition) is 0. The van der Waals surface area contributed by atoms with Crippen molar-refractivity contribution in [2.75, 3.05) is 19.7 Å². The molecule has 0 aromatic heterocycles. The van der Waals surface area contributed by atoms with Gasteiger partial charge >= 0.3 is 5.69 Å². The van der Waals surface area contributed by atoms with E-state index in [0.717, 1.165) is 12.0 Å². The van der Waals surface area contributed by atoms with Crippen LogP contribution >= 0.6 is 11.6 Å². The lowest BCUT2D eigenvalue weighted by Crippen LogP contribution is -2.37. The first-order valence-corrected chi connectivity index (χ1v) is 8.51. The number of carbonyl (C=O) groups excluding carboxylic acids is 1. The molecular weight excluding hydrogens is 356 g/mol. The Labute approximate surface area is 155 Å². The van der Waals surface area contributed by atoms with Crippen LogP contribution in [-0.4, -0.2) is 35.4 Å². The van der Waals surface area contributed by atoms with E-state index in [4.69, 9.17) is 16.3 Å². The van der Waals surface area contributed by atoms with Crippen molar-refractivity contribution in [3.8, 4) is 5.75 Å². The summed E-state index contributed by atoms with van der Waals surface area (Å²) in [7, 11) is 0. The maximum Gasteiger partial charge on any atom is 0.312 e. The van der Waals surface area contributed by atoms with Gasteiger partial charge in [-0.2, -0.15) is 0 Å². The largest absolute Gasteiger partial charge is 0.477 e. The molecule has 1 heterocycles. The van der Waals surface area contributed by atoms with Crippen LogP contribution < -0.4 is 4.74 Å². The first-order chi connectivity index (χ1) is 12.5. The van der Waals surface area contributed by atoms with Gasteiger partial charge in [0.05, 0.1) is 4.92 Å². The van der Waals surface area contributed by atoms with Crippen LogP contribution in [0.1, 0.15) is 12.0 Å². The number of halogens is 1. The summed E-state index contributed by atoms with van der Waals surface area (Å²) >= 11 is 5.77. The van der Waals surface area contributed by atoms with Gasteiger partial charge in [-0.25, -0.2) is 0 Å². The summed E-state index contributed by atoms with van der Waals surface area (Å²) in [5, 5.41) is 11.3. The van der Waals surface area contributed by atoms with Crippen molar-refractivity contribution in [3.63, 3.8) is 0 Å². The van der Waals surface area contributed by atoms with E-state index in [1.54, 1.807) is 4.90 Å². The molecule has 134 valence electrons. The normalized spacial score (nSPS) is 13.9. The highest BCUT2D eigenvalue weighted by Crippen LogP contribution is 2.30. The van der Waals surface area contributed by atoms with Gasteiger partial charge in [-0.1, -0.05) is 48.0 Å². The molecule has 6 nitrogen and oxygen atoms in total. The lowest BCUT2D eigenvalue weighted by molar-refractivity contribution is -0.385. The van der Waals surface area contributed by atoms with Crippen LogP contribution in [0.4, 0.5) is 5.69 Å². The summed E-state index contributed by atoms with van der Waals surface area (Å²) in [4.78, 5) is 24.5. The number of amides is 1. The van der Waals surface area contributed by atoms with Gasteiger partial charge in [0.2, 0.25) is 0 Å². The van der Waals surface area contributed by atoms with Crippen LogP contribution in [-0.2, 0) is 4.79 Å². The molecule has 1 aliphatic rings. The van der Waals surface area contributed by atoms with E-state index in [-0.39, 0.29) is 29.0 Å². The van der Waals surface area contributed by atoms with Crippen LogP contribution in [0.2, 0.25) is 5.02 Å². The molecule has 2 aromatic rings. The standard InChI is InChI=1S/C19H17ClN2O4/c20-16-6-7-18(17(12-16)22(24)25)26-13-19(23)21-10-8-15(9-11-21)14-4-2-1-3-5-14/h1-8,12H,9-11,13H2. The van der Waals surface area contributed by atoms with Gasteiger partial charge in [0.1, 0.15) is 0 Å². The monoisotopic (exact) mass is 372 g/mol. The lowest BCUT2D eigenvalue weighted by Gasteiger charge is -2.26. The summed E-state index contributed by atoms with van der Waals surface area (Å²) in [6, 6.07) is 14.1. The van der Waals surface area contributed by atoms with Crippen molar-refractivity contribution in [2.24, 2.45) is 0 Å². The zero-order valence-corrected chi connectivity index (χ0v) is 14.7. The second kappa shape index (κ2) is 8.01. The second-order valence-electron chi connectivity index (χ2n) is 5.84. The summed E-state index contributed by atoms with van der Waals surface area (Å²) in [5.74, 6) is -0.178. The third-order valence-corrected chi connectivity index (χ3v) is 4.41. The van der Waals surface area contributed by atoms with Crippen LogP contribution in [0.3, 0.4) is 0 Å². The zero-order chi connectivity index (χ0) is 18.5. The number of benzene rings is 2. The number of nitrogens with zero attached hydrogens (tertiary/aromatic N) is 2. The SMILES string of the molecule is O=C(COc1ccc(Cl)cc1[N+](=O)[O-])N1CC=C(c2ccccc2)CC1. The molecule has 7 heteroatoms. The molecule has 0 fully saturated rings. The second-order valence-corrected chi connectivity index (χ2v) is 6.28. The topological polar surface area (TPSA) is 72.7 Å². The number of carbonyl (C=O) groups is 1. The molecule has 0 N–H and O–H groups in total. The number of rotatable bonds is 5. The molecule has 1 amide bonds. The minimum absolute atomic E-state index is 0.0327. The highest BCUT2D eigenvalue weighted by Gasteiger charge is 2.21. The summed E-state index contributed by atoms with van der Waals surface area (Å²) in [6.45, 7) is 0.831. The third kappa shape index (κ3) is 4.21. The first-order valence-electron chi connectivity index (χ1n) is 8.13. The molecule has 0 radical (unpaired) electrons. The number of nitro groups is 1. The summed E-state index contributed by atoms with van der Waals surface area (Å²) < 4.78 is 5.37. The van der Waals surface area contributed by atoms with Crippen molar-refractivity contribution in [1.82, 2.24) is 4.90 Å². The molecule has 0 spiro atoms. The fourth-order valence-corrected chi connectivity index (χ4v) is 2.96. The molecule has 0 unspecified atom stereocenters. The van der Waals surface area contributed by atoms with E-state index in [2.05, 4.69) is 0 Å². The molecule has 3 rings (SSSR count). The van der Waals surface area contributed by atoms with Gasteiger partial charge in [-0.3, -0.25) is 14.9 Å². The Morgan fingerprint density at radius 2 is 2.00 bits per heavy atom. The molecule has 0 bridgehead atoms. The number of ether oxygens (including phenoxy) is 1. The van der Waals surface area contributed by atoms with E-state index in [1.807, 2.05) is 36.4 Å².